The number of anilines is 1. The van der Waals surface area contributed by atoms with Gasteiger partial charge in [0.2, 0.25) is 18.2 Å². The highest BCUT2D eigenvalue weighted by molar-refractivity contribution is 6.00. The largest absolute Gasteiger partial charge is 0.371 e. The van der Waals surface area contributed by atoms with Crippen LogP contribution in [0.1, 0.15) is 30.4 Å². The van der Waals surface area contributed by atoms with E-state index in [2.05, 4.69) is 33.7 Å². The van der Waals surface area contributed by atoms with Gasteiger partial charge < -0.3 is 15.1 Å². The zero-order valence-electron chi connectivity index (χ0n) is 15.7. The van der Waals surface area contributed by atoms with Crippen LogP contribution in [0.15, 0.2) is 18.2 Å². The van der Waals surface area contributed by atoms with Crippen molar-refractivity contribution in [2.24, 2.45) is 5.41 Å². The maximum atomic E-state index is 12.1. The van der Waals surface area contributed by atoms with Crippen molar-refractivity contribution in [2.45, 2.75) is 38.8 Å². The number of carbonyl (C=O) groups excluding carboxylic acids is 3. The van der Waals surface area contributed by atoms with Gasteiger partial charge in [0.15, 0.2) is 0 Å². The minimum absolute atomic E-state index is 0.268. The molecule has 0 aliphatic carbocycles. The van der Waals surface area contributed by atoms with Gasteiger partial charge in [0.1, 0.15) is 6.04 Å². The van der Waals surface area contributed by atoms with Gasteiger partial charge in [-0.3, -0.25) is 19.7 Å². The Hall–Kier alpha value is -2.41. The van der Waals surface area contributed by atoms with E-state index >= 15 is 0 Å². The number of benzene rings is 1. The number of rotatable bonds is 5. The fraction of sp³-hybridized carbons (Fsp3) is 0.550. The molecule has 4 rings (SSSR count). The molecule has 2 N–H and O–H groups in total. The molecule has 0 radical (unpaired) electrons. The number of hydrogen-bond acceptors (Lipinski definition) is 5. The smallest absolute Gasteiger partial charge is 0.249 e. The molecule has 1 aromatic rings. The lowest BCUT2D eigenvalue weighted by atomic mass is 9.81. The summed E-state index contributed by atoms with van der Waals surface area (Å²) in [4.78, 5) is 39.1. The Bertz CT molecular complexity index is 774. The van der Waals surface area contributed by atoms with Gasteiger partial charge in [-0.15, -0.1) is 0 Å². The summed E-state index contributed by atoms with van der Waals surface area (Å²) in [5.74, 6) is -0.653. The molecule has 0 aromatic heterocycles. The summed E-state index contributed by atoms with van der Waals surface area (Å²) in [6.45, 7) is 6.69. The molecule has 1 atom stereocenters. The number of nitrogens with one attached hydrogen (secondary N) is 2. The van der Waals surface area contributed by atoms with Crippen LogP contribution in [0.3, 0.4) is 0 Å². The van der Waals surface area contributed by atoms with Crippen LogP contribution in [-0.2, 0) is 20.9 Å². The zero-order chi connectivity index (χ0) is 19.0. The van der Waals surface area contributed by atoms with Crippen molar-refractivity contribution in [1.29, 1.82) is 0 Å². The molecular formula is C20H26N4O3. The summed E-state index contributed by atoms with van der Waals surface area (Å²) in [5.41, 5.74) is 3.73. The molecule has 7 nitrogen and oxygen atoms in total. The Kier molecular flexibility index (Phi) is 4.63. The lowest BCUT2D eigenvalue weighted by Crippen LogP contribution is -2.54. The molecule has 1 aromatic carbocycles. The van der Waals surface area contributed by atoms with E-state index in [-0.39, 0.29) is 18.2 Å². The van der Waals surface area contributed by atoms with Crippen molar-refractivity contribution >= 4 is 23.9 Å². The second-order valence-electron chi connectivity index (χ2n) is 8.13. The van der Waals surface area contributed by atoms with E-state index < -0.39 is 6.04 Å². The van der Waals surface area contributed by atoms with E-state index in [1.54, 1.807) is 0 Å². The average Bonchev–Trinajstić information content (AvgIpc) is 3.08. The molecule has 27 heavy (non-hydrogen) atoms. The Morgan fingerprint density at radius 2 is 2.15 bits per heavy atom. The monoisotopic (exact) mass is 370 g/mol. The number of hydrogen-bond donors (Lipinski definition) is 2. The van der Waals surface area contributed by atoms with Gasteiger partial charge in [-0.1, -0.05) is 6.07 Å². The normalized spacial score (nSPS) is 23.9. The lowest BCUT2D eigenvalue weighted by Gasteiger charge is -2.39. The minimum atomic E-state index is -0.584. The van der Waals surface area contributed by atoms with Crippen molar-refractivity contribution in [1.82, 2.24) is 15.5 Å². The second kappa shape index (κ2) is 6.96. The van der Waals surface area contributed by atoms with E-state index in [9.17, 15) is 14.4 Å². The number of carbonyl (C=O) groups is 3. The molecule has 144 valence electrons. The van der Waals surface area contributed by atoms with Crippen molar-refractivity contribution in [3.05, 3.63) is 29.3 Å². The van der Waals surface area contributed by atoms with E-state index in [0.717, 1.165) is 43.7 Å². The van der Waals surface area contributed by atoms with Gasteiger partial charge in [-0.25, -0.2) is 0 Å². The fourth-order valence-corrected chi connectivity index (χ4v) is 4.36. The van der Waals surface area contributed by atoms with Crippen LogP contribution in [0, 0.1) is 12.3 Å². The van der Waals surface area contributed by atoms with Crippen molar-refractivity contribution in [3.8, 4) is 0 Å². The average molecular weight is 370 g/mol. The molecule has 1 unspecified atom stereocenters. The van der Waals surface area contributed by atoms with E-state index in [4.69, 9.17) is 0 Å². The molecule has 3 amide bonds. The molecule has 3 aliphatic rings. The SMILES string of the molecule is Cc1ccc(N2CCC3(CNC3)C2)cc1CN(C=O)C1CCC(=O)NC1=O. The van der Waals surface area contributed by atoms with Gasteiger partial charge in [0.05, 0.1) is 0 Å². The number of piperidine rings is 1. The maximum Gasteiger partial charge on any atom is 0.249 e. The third-order valence-corrected chi connectivity index (χ3v) is 6.23. The molecule has 1 spiro atoms. The van der Waals surface area contributed by atoms with Crippen molar-refractivity contribution in [3.63, 3.8) is 0 Å². The topological polar surface area (TPSA) is 81.8 Å². The minimum Gasteiger partial charge on any atom is -0.371 e. The Morgan fingerprint density at radius 1 is 1.33 bits per heavy atom. The fourth-order valence-electron chi connectivity index (χ4n) is 4.36. The number of nitrogens with zero attached hydrogens (tertiary/aromatic N) is 2. The van der Waals surface area contributed by atoms with Gasteiger partial charge in [0.25, 0.3) is 0 Å². The molecule has 3 heterocycles. The summed E-state index contributed by atoms with van der Waals surface area (Å²) in [5, 5.41) is 5.71. The molecule has 0 bridgehead atoms. The summed E-state index contributed by atoms with van der Waals surface area (Å²) >= 11 is 0. The van der Waals surface area contributed by atoms with Crippen LogP contribution < -0.4 is 15.5 Å². The summed E-state index contributed by atoms with van der Waals surface area (Å²) in [6, 6.07) is 5.78. The molecule has 3 fully saturated rings. The first-order chi connectivity index (χ1) is 13.0. The highest BCUT2D eigenvalue weighted by atomic mass is 16.2. The lowest BCUT2D eigenvalue weighted by molar-refractivity contribution is -0.141. The summed E-state index contributed by atoms with van der Waals surface area (Å²) in [6.07, 6.45) is 2.57. The van der Waals surface area contributed by atoms with Crippen LogP contribution in [0.4, 0.5) is 5.69 Å². The maximum absolute atomic E-state index is 12.1. The molecule has 7 heteroatoms. The van der Waals surface area contributed by atoms with Crippen LogP contribution in [0.25, 0.3) is 0 Å². The van der Waals surface area contributed by atoms with E-state index in [1.807, 2.05) is 6.92 Å². The summed E-state index contributed by atoms with van der Waals surface area (Å²) < 4.78 is 0. The van der Waals surface area contributed by atoms with Crippen molar-refractivity contribution < 1.29 is 14.4 Å². The van der Waals surface area contributed by atoms with Gasteiger partial charge >= 0.3 is 0 Å². The Labute approximate surface area is 159 Å². The second-order valence-corrected chi connectivity index (χ2v) is 8.13. The molecular weight excluding hydrogens is 344 g/mol. The predicted octanol–water partition coefficient (Wildman–Crippen LogP) is 0.558. The number of imide groups is 1. The van der Waals surface area contributed by atoms with Gasteiger partial charge in [-0.05, 0) is 43.0 Å². The van der Waals surface area contributed by atoms with Crippen LogP contribution in [0.2, 0.25) is 0 Å². The number of aryl methyl sites for hydroxylation is 1. The predicted molar refractivity (Wildman–Crippen MR) is 101 cm³/mol. The third-order valence-electron chi connectivity index (χ3n) is 6.23. The first kappa shape index (κ1) is 18.0. The van der Waals surface area contributed by atoms with Crippen LogP contribution >= 0.6 is 0 Å². The molecule has 3 saturated heterocycles. The summed E-state index contributed by atoms with van der Waals surface area (Å²) in [7, 11) is 0. The van der Waals surface area contributed by atoms with Crippen molar-refractivity contribution in [2.75, 3.05) is 31.1 Å². The quantitative estimate of drug-likeness (QED) is 0.585. The van der Waals surface area contributed by atoms with Gasteiger partial charge in [0, 0.05) is 50.2 Å². The van der Waals surface area contributed by atoms with Crippen LogP contribution in [0.5, 0.6) is 0 Å². The Balaban J connectivity index is 1.50. The van der Waals surface area contributed by atoms with Gasteiger partial charge in [-0.2, -0.15) is 0 Å². The van der Waals surface area contributed by atoms with Crippen LogP contribution in [-0.4, -0.2) is 55.3 Å². The van der Waals surface area contributed by atoms with E-state index in [0.29, 0.717) is 18.4 Å². The molecule has 3 aliphatic heterocycles. The zero-order valence-corrected chi connectivity index (χ0v) is 15.7. The first-order valence-electron chi connectivity index (χ1n) is 9.60. The standard InChI is InChI=1S/C20H26N4O3/c1-14-2-3-16(23-7-6-20(12-23)10-21-11-20)8-15(14)9-24(13-25)17-4-5-18(26)22-19(17)27/h2-3,8,13,17,21H,4-7,9-12H2,1H3,(H,22,26,27). The van der Waals surface area contributed by atoms with E-state index in [1.165, 1.54) is 17.0 Å². The number of amides is 3. The first-order valence-corrected chi connectivity index (χ1v) is 9.60. The third kappa shape index (κ3) is 3.43. The highest BCUT2D eigenvalue weighted by Crippen LogP contribution is 2.37. The Morgan fingerprint density at radius 3 is 2.78 bits per heavy atom. The highest BCUT2D eigenvalue weighted by Gasteiger charge is 2.43. The molecule has 0 saturated carbocycles.